The van der Waals surface area contributed by atoms with Crippen LogP contribution in [0.3, 0.4) is 0 Å². The summed E-state index contributed by atoms with van der Waals surface area (Å²) >= 11 is 0. The lowest BCUT2D eigenvalue weighted by Crippen LogP contribution is -2.08. The highest BCUT2D eigenvalue weighted by Crippen LogP contribution is 2.20. The molecule has 2 heteroatoms. The first-order valence-corrected chi connectivity index (χ1v) is 6.46. The summed E-state index contributed by atoms with van der Waals surface area (Å²) < 4.78 is 5.33. The summed E-state index contributed by atoms with van der Waals surface area (Å²) in [7, 11) is 0. The van der Waals surface area contributed by atoms with E-state index in [0.29, 0.717) is 0 Å². The van der Waals surface area contributed by atoms with Gasteiger partial charge in [0.25, 0.3) is 0 Å². The number of hydrogen-bond donors (Lipinski definition) is 0. The van der Waals surface area contributed by atoms with E-state index >= 15 is 0 Å². The van der Waals surface area contributed by atoms with Gasteiger partial charge in [0.2, 0.25) is 0 Å². The molecule has 2 aromatic rings. The van der Waals surface area contributed by atoms with E-state index in [-0.39, 0.29) is 5.97 Å². The average Bonchev–Trinajstić information content (AvgIpc) is 2.45. The largest absolute Gasteiger partial charge is 0.444 e. The van der Waals surface area contributed by atoms with Crippen molar-refractivity contribution in [3.05, 3.63) is 71.3 Å². The molecule has 0 aliphatic heterocycles. The summed E-state index contributed by atoms with van der Waals surface area (Å²) in [5, 5.41) is 0. The van der Waals surface area contributed by atoms with Gasteiger partial charge in [0.1, 0.15) is 0 Å². The first kappa shape index (κ1) is 13.9. The van der Waals surface area contributed by atoms with Crippen LogP contribution < -0.4 is 0 Å². The number of benzene rings is 2. The van der Waals surface area contributed by atoms with Crippen molar-refractivity contribution in [1.82, 2.24) is 0 Å². The Morgan fingerprint density at radius 2 is 1.70 bits per heavy atom. The first-order chi connectivity index (χ1) is 9.66. The van der Waals surface area contributed by atoms with Crippen molar-refractivity contribution in [2.24, 2.45) is 0 Å². The number of ether oxygens (including phenoxy) is 1. The summed E-state index contributed by atoms with van der Waals surface area (Å²) in [6.07, 6.45) is -0.533. The zero-order chi connectivity index (χ0) is 14.4. The van der Waals surface area contributed by atoms with Crippen molar-refractivity contribution < 1.29 is 9.53 Å². The molecule has 0 saturated carbocycles. The fourth-order valence-electron chi connectivity index (χ4n) is 1.89. The van der Waals surface area contributed by atoms with Gasteiger partial charge < -0.3 is 4.74 Å². The molecule has 0 radical (unpaired) electrons. The molecule has 0 saturated heterocycles. The Hall–Kier alpha value is -2.53. The molecule has 0 aliphatic carbocycles. The molecule has 0 N–H and O–H groups in total. The molecule has 0 aromatic heterocycles. The smallest absolute Gasteiger partial charge is 0.304 e. The molecule has 0 heterocycles. The van der Waals surface area contributed by atoms with Crippen LogP contribution in [-0.4, -0.2) is 5.97 Å². The lowest BCUT2D eigenvalue weighted by Gasteiger charge is -2.13. The van der Waals surface area contributed by atoms with Gasteiger partial charge in [0, 0.05) is 18.1 Å². The molecule has 20 heavy (non-hydrogen) atoms. The molecule has 1 atom stereocenters. The maximum atomic E-state index is 11.3. The van der Waals surface area contributed by atoms with Crippen molar-refractivity contribution in [3.8, 4) is 11.8 Å². The summed E-state index contributed by atoms with van der Waals surface area (Å²) in [4.78, 5) is 11.3. The fourth-order valence-corrected chi connectivity index (χ4v) is 1.89. The van der Waals surface area contributed by atoms with E-state index in [2.05, 4.69) is 11.8 Å². The highest BCUT2D eigenvalue weighted by atomic mass is 16.5. The van der Waals surface area contributed by atoms with Crippen molar-refractivity contribution >= 4 is 5.97 Å². The molecule has 0 bridgehead atoms. The van der Waals surface area contributed by atoms with Gasteiger partial charge >= 0.3 is 5.97 Å². The number of carbonyl (C=O) groups excluding carboxylic acids is 1. The molecule has 0 unspecified atom stereocenters. The normalized spacial score (nSPS) is 11.1. The number of rotatable bonds is 2. The molecule has 100 valence electrons. The Labute approximate surface area is 119 Å². The summed E-state index contributed by atoms with van der Waals surface area (Å²) in [6, 6.07) is 17.4. The SMILES string of the molecule is CC(=O)O[C@H](C#Cc1ccccc1)c1ccccc1C. The van der Waals surface area contributed by atoms with E-state index in [1.54, 1.807) is 0 Å². The molecule has 0 fully saturated rings. The predicted molar refractivity (Wildman–Crippen MR) is 79.0 cm³/mol. The molecule has 2 aromatic carbocycles. The van der Waals surface area contributed by atoms with Crippen LogP contribution in [0.2, 0.25) is 0 Å². The zero-order valence-electron chi connectivity index (χ0n) is 11.6. The minimum absolute atomic E-state index is 0.333. The van der Waals surface area contributed by atoms with E-state index < -0.39 is 6.10 Å². The highest BCUT2D eigenvalue weighted by Gasteiger charge is 2.13. The third-order valence-electron chi connectivity index (χ3n) is 2.88. The Morgan fingerprint density at radius 3 is 2.35 bits per heavy atom. The predicted octanol–water partition coefficient (Wildman–Crippen LogP) is 3.65. The van der Waals surface area contributed by atoms with E-state index in [0.717, 1.165) is 16.7 Å². The van der Waals surface area contributed by atoms with Crippen LogP contribution >= 0.6 is 0 Å². The number of aryl methyl sites for hydroxylation is 1. The second-order valence-corrected chi connectivity index (χ2v) is 4.48. The minimum Gasteiger partial charge on any atom is -0.444 e. The van der Waals surface area contributed by atoms with Crippen molar-refractivity contribution in [1.29, 1.82) is 0 Å². The van der Waals surface area contributed by atoms with Gasteiger partial charge in [-0.1, -0.05) is 48.4 Å². The summed E-state index contributed by atoms with van der Waals surface area (Å²) in [5.41, 5.74) is 2.88. The third-order valence-corrected chi connectivity index (χ3v) is 2.88. The van der Waals surface area contributed by atoms with Gasteiger partial charge in [0.05, 0.1) is 0 Å². The monoisotopic (exact) mass is 264 g/mol. The Morgan fingerprint density at radius 1 is 1.05 bits per heavy atom. The van der Waals surface area contributed by atoms with Crippen LogP contribution in [0.5, 0.6) is 0 Å². The molecule has 0 amide bonds. The topological polar surface area (TPSA) is 26.3 Å². The second-order valence-electron chi connectivity index (χ2n) is 4.48. The molecular formula is C18H16O2. The Bertz CT molecular complexity index is 648. The second kappa shape index (κ2) is 6.58. The summed E-state index contributed by atoms with van der Waals surface area (Å²) in [6.45, 7) is 3.38. The quantitative estimate of drug-likeness (QED) is 0.611. The van der Waals surface area contributed by atoms with Gasteiger partial charge in [-0.25, -0.2) is 0 Å². The van der Waals surface area contributed by atoms with Crippen LogP contribution in [0, 0.1) is 18.8 Å². The average molecular weight is 264 g/mol. The first-order valence-electron chi connectivity index (χ1n) is 6.46. The number of esters is 1. The van der Waals surface area contributed by atoms with Crippen LogP contribution in [-0.2, 0) is 9.53 Å². The molecule has 2 rings (SSSR count). The lowest BCUT2D eigenvalue weighted by molar-refractivity contribution is -0.144. The van der Waals surface area contributed by atoms with E-state index in [9.17, 15) is 4.79 Å². The van der Waals surface area contributed by atoms with E-state index in [1.165, 1.54) is 6.92 Å². The highest BCUT2D eigenvalue weighted by molar-refractivity contribution is 5.67. The number of hydrogen-bond acceptors (Lipinski definition) is 2. The van der Waals surface area contributed by atoms with Gasteiger partial charge in [0.15, 0.2) is 6.10 Å². The van der Waals surface area contributed by atoms with Crippen molar-refractivity contribution in [2.75, 3.05) is 0 Å². The molecule has 2 nitrogen and oxygen atoms in total. The van der Waals surface area contributed by atoms with Gasteiger partial charge in [-0.15, -0.1) is 0 Å². The standard InChI is InChI=1S/C18H16O2/c1-14-8-6-7-11-17(14)18(20-15(2)19)13-12-16-9-4-3-5-10-16/h3-11,18H,1-2H3/t18-/m1/s1. The van der Waals surface area contributed by atoms with Gasteiger partial charge in [-0.3, -0.25) is 4.79 Å². The maximum Gasteiger partial charge on any atom is 0.304 e. The van der Waals surface area contributed by atoms with Crippen LogP contribution in [0.1, 0.15) is 29.7 Å². The lowest BCUT2D eigenvalue weighted by atomic mass is 10.0. The van der Waals surface area contributed by atoms with E-state index in [4.69, 9.17) is 4.74 Å². The van der Waals surface area contributed by atoms with Crippen LogP contribution in [0.25, 0.3) is 0 Å². The number of carbonyl (C=O) groups is 1. The maximum absolute atomic E-state index is 11.3. The van der Waals surface area contributed by atoms with E-state index in [1.807, 2.05) is 61.5 Å². The van der Waals surface area contributed by atoms with Crippen molar-refractivity contribution in [3.63, 3.8) is 0 Å². The van der Waals surface area contributed by atoms with Crippen LogP contribution in [0.15, 0.2) is 54.6 Å². The molecular weight excluding hydrogens is 248 g/mol. The molecule has 0 aliphatic rings. The minimum atomic E-state index is -0.533. The van der Waals surface area contributed by atoms with Crippen molar-refractivity contribution in [2.45, 2.75) is 20.0 Å². The van der Waals surface area contributed by atoms with Crippen LogP contribution in [0.4, 0.5) is 0 Å². The Kier molecular flexibility index (Phi) is 4.57. The van der Waals surface area contributed by atoms with Gasteiger partial charge in [-0.2, -0.15) is 0 Å². The Balaban J connectivity index is 2.32. The third kappa shape index (κ3) is 3.73. The fraction of sp³-hybridized carbons (Fsp3) is 0.167. The van der Waals surface area contributed by atoms with Gasteiger partial charge in [-0.05, 0) is 30.5 Å². The summed E-state index contributed by atoms with van der Waals surface area (Å²) in [5.74, 6) is 5.75. The zero-order valence-corrected chi connectivity index (χ0v) is 11.6. The molecule has 0 spiro atoms.